The number of likely N-dealkylation sites (tertiary alicyclic amines) is 1. The number of halogens is 3. The molecule has 1 aromatic carbocycles. The Morgan fingerprint density at radius 1 is 1.36 bits per heavy atom. The predicted octanol–water partition coefficient (Wildman–Crippen LogP) is 2.32. The van der Waals surface area contributed by atoms with Crippen molar-refractivity contribution in [1.29, 1.82) is 0 Å². The van der Waals surface area contributed by atoms with Gasteiger partial charge in [-0.05, 0) is 31.9 Å². The van der Waals surface area contributed by atoms with Gasteiger partial charge in [0, 0.05) is 6.54 Å². The summed E-state index contributed by atoms with van der Waals surface area (Å²) in [6.07, 6.45) is -4.67. The maximum atomic E-state index is 13.1. The second-order valence-electron chi connectivity index (χ2n) is 6.26. The van der Waals surface area contributed by atoms with Crippen LogP contribution in [0.2, 0.25) is 0 Å². The SMILES string of the molecule is C[C@@H](Oc1ccccc1C(F)(F)F)C(=O)N1CCC[C@H]1c1nc(C(N)=O)no1. The van der Waals surface area contributed by atoms with E-state index in [9.17, 15) is 22.8 Å². The Hall–Kier alpha value is -3.11. The molecule has 8 nitrogen and oxygen atoms in total. The standard InChI is InChI=1S/C17H17F3N4O4/c1-9(27-12-7-3-2-5-10(12)17(18,19)20)16(26)24-8-4-6-11(24)15-22-14(13(21)25)23-28-15/h2-3,5,7,9,11H,4,6,8H2,1H3,(H2,21,25)/t9-,11+/m1/s1. The molecule has 2 N–H and O–H groups in total. The molecule has 28 heavy (non-hydrogen) atoms. The predicted molar refractivity (Wildman–Crippen MR) is 88.0 cm³/mol. The third-order valence-electron chi connectivity index (χ3n) is 4.33. The van der Waals surface area contributed by atoms with Crippen molar-refractivity contribution in [1.82, 2.24) is 15.0 Å². The smallest absolute Gasteiger partial charge is 0.419 e. The van der Waals surface area contributed by atoms with Gasteiger partial charge < -0.3 is 19.9 Å². The van der Waals surface area contributed by atoms with E-state index in [1.807, 2.05) is 0 Å². The zero-order valence-electron chi connectivity index (χ0n) is 14.8. The van der Waals surface area contributed by atoms with Crippen LogP contribution in [0.3, 0.4) is 0 Å². The molecule has 1 aliphatic rings. The van der Waals surface area contributed by atoms with Crippen LogP contribution in [0.15, 0.2) is 28.8 Å². The average Bonchev–Trinajstić information content (AvgIpc) is 3.29. The van der Waals surface area contributed by atoms with E-state index >= 15 is 0 Å². The highest BCUT2D eigenvalue weighted by atomic mass is 19.4. The van der Waals surface area contributed by atoms with Gasteiger partial charge in [0.25, 0.3) is 17.6 Å². The number of benzene rings is 1. The third-order valence-corrected chi connectivity index (χ3v) is 4.33. The largest absolute Gasteiger partial charge is 0.480 e. The minimum atomic E-state index is -4.61. The number of hydrogen-bond acceptors (Lipinski definition) is 6. The summed E-state index contributed by atoms with van der Waals surface area (Å²) in [5.41, 5.74) is 4.12. The summed E-state index contributed by atoms with van der Waals surface area (Å²) in [6, 6.07) is 4.08. The first-order chi connectivity index (χ1) is 13.2. The van der Waals surface area contributed by atoms with Crippen molar-refractivity contribution in [3.8, 4) is 5.75 Å². The molecule has 150 valence electrons. The van der Waals surface area contributed by atoms with Gasteiger partial charge in [-0.3, -0.25) is 9.59 Å². The molecule has 0 aliphatic carbocycles. The Balaban J connectivity index is 1.76. The fourth-order valence-electron chi connectivity index (χ4n) is 3.04. The van der Waals surface area contributed by atoms with E-state index in [1.54, 1.807) is 0 Å². The number of hydrogen-bond donors (Lipinski definition) is 1. The van der Waals surface area contributed by atoms with Crippen LogP contribution in [0.25, 0.3) is 0 Å². The first kappa shape index (κ1) is 19.6. The molecule has 0 unspecified atom stereocenters. The summed E-state index contributed by atoms with van der Waals surface area (Å²) in [5, 5.41) is 3.45. The van der Waals surface area contributed by atoms with E-state index in [4.69, 9.17) is 15.0 Å². The van der Waals surface area contributed by atoms with Gasteiger partial charge in [0.15, 0.2) is 6.10 Å². The Morgan fingerprint density at radius 3 is 2.71 bits per heavy atom. The highest BCUT2D eigenvalue weighted by molar-refractivity contribution is 5.88. The molecule has 0 spiro atoms. The normalized spacial score (nSPS) is 18.1. The molecule has 11 heteroatoms. The Morgan fingerprint density at radius 2 is 2.07 bits per heavy atom. The zero-order valence-corrected chi connectivity index (χ0v) is 14.8. The van der Waals surface area contributed by atoms with E-state index in [0.717, 1.165) is 12.1 Å². The van der Waals surface area contributed by atoms with Crippen LogP contribution in [0.5, 0.6) is 5.75 Å². The van der Waals surface area contributed by atoms with Crippen molar-refractivity contribution in [3.05, 3.63) is 41.5 Å². The number of primary amides is 1. The summed E-state index contributed by atoms with van der Waals surface area (Å²) >= 11 is 0. The van der Waals surface area contributed by atoms with Crippen molar-refractivity contribution in [3.63, 3.8) is 0 Å². The van der Waals surface area contributed by atoms with Gasteiger partial charge in [-0.1, -0.05) is 17.3 Å². The van der Waals surface area contributed by atoms with Crippen molar-refractivity contribution in [2.75, 3.05) is 6.54 Å². The third kappa shape index (κ3) is 3.92. The van der Waals surface area contributed by atoms with E-state index in [1.165, 1.54) is 24.0 Å². The zero-order chi connectivity index (χ0) is 20.5. The summed E-state index contributed by atoms with van der Waals surface area (Å²) < 4.78 is 49.7. The molecule has 2 atom stereocenters. The summed E-state index contributed by atoms with van der Waals surface area (Å²) in [5.74, 6) is -2.09. The molecular weight excluding hydrogens is 381 g/mol. The highest BCUT2D eigenvalue weighted by Gasteiger charge is 2.38. The molecule has 1 aliphatic heterocycles. The van der Waals surface area contributed by atoms with Crippen molar-refractivity contribution < 1.29 is 32.0 Å². The van der Waals surface area contributed by atoms with Crippen molar-refractivity contribution in [2.45, 2.75) is 38.1 Å². The fourth-order valence-corrected chi connectivity index (χ4v) is 3.04. The minimum absolute atomic E-state index is 0.0440. The first-order valence-electron chi connectivity index (χ1n) is 8.45. The molecule has 1 fully saturated rings. The van der Waals surface area contributed by atoms with Crippen molar-refractivity contribution in [2.24, 2.45) is 5.73 Å². The molecule has 0 radical (unpaired) electrons. The van der Waals surface area contributed by atoms with Gasteiger partial charge in [-0.25, -0.2) is 0 Å². The number of alkyl halides is 3. The lowest BCUT2D eigenvalue weighted by molar-refractivity contribution is -0.144. The Kier molecular flexibility index (Phi) is 5.25. The van der Waals surface area contributed by atoms with Crippen LogP contribution in [0, 0.1) is 0 Å². The van der Waals surface area contributed by atoms with Gasteiger partial charge in [-0.15, -0.1) is 0 Å². The van der Waals surface area contributed by atoms with Crippen LogP contribution in [0.1, 0.15) is 47.9 Å². The van der Waals surface area contributed by atoms with Crippen LogP contribution in [-0.4, -0.2) is 39.5 Å². The van der Waals surface area contributed by atoms with Gasteiger partial charge in [0.2, 0.25) is 5.89 Å². The molecule has 0 bridgehead atoms. The lowest BCUT2D eigenvalue weighted by Crippen LogP contribution is -2.40. The van der Waals surface area contributed by atoms with E-state index in [0.29, 0.717) is 19.4 Å². The molecule has 0 saturated carbocycles. The topological polar surface area (TPSA) is 112 Å². The number of nitrogens with two attached hydrogens (primary N) is 1. The number of amides is 2. The minimum Gasteiger partial charge on any atom is -0.480 e. The molecule has 1 aromatic heterocycles. The second-order valence-corrected chi connectivity index (χ2v) is 6.26. The fraction of sp³-hybridized carbons (Fsp3) is 0.412. The molecule has 2 amide bonds. The number of aromatic nitrogens is 2. The average molecular weight is 398 g/mol. The number of ether oxygens (including phenoxy) is 1. The van der Waals surface area contributed by atoms with Crippen LogP contribution in [0.4, 0.5) is 13.2 Å². The first-order valence-corrected chi connectivity index (χ1v) is 8.45. The molecule has 2 heterocycles. The van der Waals surface area contributed by atoms with Crippen LogP contribution < -0.4 is 10.5 Å². The van der Waals surface area contributed by atoms with Gasteiger partial charge >= 0.3 is 6.18 Å². The quantitative estimate of drug-likeness (QED) is 0.827. The lowest BCUT2D eigenvalue weighted by atomic mass is 10.2. The maximum absolute atomic E-state index is 13.1. The van der Waals surface area contributed by atoms with Gasteiger partial charge in [-0.2, -0.15) is 18.2 Å². The number of rotatable bonds is 5. The van der Waals surface area contributed by atoms with Gasteiger partial charge in [0.1, 0.15) is 11.8 Å². The summed E-state index contributed by atoms with van der Waals surface area (Å²) in [7, 11) is 0. The monoisotopic (exact) mass is 398 g/mol. The van der Waals surface area contributed by atoms with Crippen LogP contribution in [-0.2, 0) is 11.0 Å². The molecule has 3 rings (SSSR count). The number of para-hydroxylation sites is 1. The van der Waals surface area contributed by atoms with E-state index < -0.39 is 41.4 Å². The molecule has 1 saturated heterocycles. The summed E-state index contributed by atoms with van der Waals surface area (Å²) in [4.78, 5) is 29.2. The molecule has 2 aromatic rings. The Bertz CT molecular complexity index is 883. The van der Waals surface area contributed by atoms with Crippen LogP contribution >= 0.6 is 0 Å². The number of carbonyl (C=O) groups is 2. The number of carbonyl (C=O) groups excluding carboxylic acids is 2. The lowest BCUT2D eigenvalue weighted by Gasteiger charge is -2.26. The summed E-state index contributed by atoms with van der Waals surface area (Å²) in [6.45, 7) is 1.71. The van der Waals surface area contributed by atoms with E-state index in [-0.39, 0.29) is 11.7 Å². The van der Waals surface area contributed by atoms with Gasteiger partial charge in [0.05, 0.1) is 5.56 Å². The second kappa shape index (κ2) is 7.49. The highest BCUT2D eigenvalue weighted by Crippen LogP contribution is 2.37. The number of nitrogens with zero attached hydrogens (tertiary/aromatic N) is 3. The maximum Gasteiger partial charge on any atom is 0.419 e. The molecular formula is C17H17F3N4O4. The van der Waals surface area contributed by atoms with E-state index in [2.05, 4.69) is 10.1 Å². The Labute approximate surface area is 157 Å². The van der Waals surface area contributed by atoms with Crippen molar-refractivity contribution >= 4 is 11.8 Å².